The van der Waals surface area contributed by atoms with Crippen molar-refractivity contribution < 1.29 is 43.2 Å². The van der Waals surface area contributed by atoms with E-state index in [2.05, 4.69) is 22.5 Å². The van der Waals surface area contributed by atoms with Crippen LogP contribution in [0.1, 0.15) is 66.7 Å². The molecule has 4 aliphatic rings. The number of carboxylic acid groups (broad SMARTS) is 1. The number of aliphatic carboxylic acids is 1. The van der Waals surface area contributed by atoms with Gasteiger partial charge in [0.15, 0.2) is 5.13 Å². The standard InChI is InChI=1S/C42H53ClN6O9S/c1-8-24-18-42(24,38(52)53)48-36(50)30-16-26(19-49(30)37(51)35(41(4,5)6)47-40(54)58-25-14-22-13-23(22)15-25)57-32-17-28(29-20-59-39(46-29)44-21(2)3)45-34-27(32)9-10-31(33(34)43)56-12-11-55-7/h8-10,17,20-26,30,35H,1,11-16,18-19H2,2-7H3,(H,44,46)(H,47,54)(H,48,50)(H,52,53)/t22-,23+,24-,25?,26-,30+,35-,42-/m1/s1. The zero-order valence-electron chi connectivity index (χ0n) is 34.2. The minimum absolute atomic E-state index is 0.0163. The van der Waals surface area contributed by atoms with E-state index in [-0.39, 0.29) is 43.2 Å². The number of alkyl carbamates (subject to hydrolysis) is 1. The number of hydrogen-bond acceptors (Lipinski definition) is 12. The van der Waals surface area contributed by atoms with Gasteiger partial charge in [0.25, 0.3) is 0 Å². The van der Waals surface area contributed by atoms with Crippen LogP contribution in [0.2, 0.25) is 5.02 Å². The molecule has 0 bridgehead atoms. The topological polar surface area (TPSA) is 191 Å². The van der Waals surface area contributed by atoms with Gasteiger partial charge in [-0.1, -0.05) is 38.4 Å². The summed E-state index contributed by atoms with van der Waals surface area (Å²) in [5.41, 5.74) is -0.893. The van der Waals surface area contributed by atoms with Crippen LogP contribution in [0, 0.1) is 23.2 Å². The van der Waals surface area contributed by atoms with Gasteiger partial charge in [-0.3, -0.25) is 9.59 Å². The zero-order chi connectivity index (χ0) is 42.4. The Morgan fingerprint density at radius 3 is 2.46 bits per heavy atom. The molecule has 3 saturated carbocycles. The summed E-state index contributed by atoms with van der Waals surface area (Å²) in [6.07, 6.45) is 2.83. The number of benzene rings is 1. The van der Waals surface area contributed by atoms with Gasteiger partial charge in [0, 0.05) is 42.3 Å². The van der Waals surface area contributed by atoms with E-state index in [1.165, 1.54) is 28.7 Å². The third-order valence-corrected chi connectivity index (χ3v) is 12.7. The Morgan fingerprint density at radius 1 is 1.07 bits per heavy atom. The first-order valence-corrected chi connectivity index (χ1v) is 21.4. The zero-order valence-corrected chi connectivity index (χ0v) is 35.8. The molecule has 0 spiro atoms. The molecule has 8 atom stereocenters. The molecule has 1 aliphatic heterocycles. The monoisotopic (exact) mass is 852 g/mol. The van der Waals surface area contributed by atoms with Gasteiger partial charge in [0.1, 0.15) is 58.7 Å². The fourth-order valence-corrected chi connectivity index (χ4v) is 9.35. The van der Waals surface area contributed by atoms with Crippen LogP contribution in [0.5, 0.6) is 11.5 Å². The van der Waals surface area contributed by atoms with Crippen molar-refractivity contribution in [2.24, 2.45) is 23.2 Å². The number of carbonyl (C=O) groups excluding carboxylic acids is 3. The second-order valence-corrected chi connectivity index (χ2v) is 18.7. The number of carbonyl (C=O) groups is 4. The van der Waals surface area contributed by atoms with E-state index in [1.807, 2.05) is 40.0 Å². The fourth-order valence-electron chi connectivity index (χ4n) is 8.24. The van der Waals surface area contributed by atoms with E-state index < -0.39 is 58.9 Å². The number of halogens is 1. The van der Waals surface area contributed by atoms with Gasteiger partial charge in [0.05, 0.1) is 24.4 Å². The first-order chi connectivity index (χ1) is 28.0. The Kier molecular flexibility index (Phi) is 12.1. The first-order valence-electron chi connectivity index (χ1n) is 20.1. The molecule has 3 aromatic rings. The summed E-state index contributed by atoms with van der Waals surface area (Å²) in [6.45, 7) is 13.8. The van der Waals surface area contributed by atoms with Crippen molar-refractivity contribution >= 4 is 62.8 Å². The Bertz CT molecular complexity index is 2110. The number of anilines is 1. The van der Waals surface area contributed by atoms with Gasteiger partial charge in [-0.2, -0.15) is 0 Å². The molecule has 4 fully saturated rings. The Labute approximate surface area is 352 Å². The summed E-state index contributed by atoms with van der Waals surface area (Å²) in [6, 6.07) is 3.17. The van der Waals surface area contributed by atoms with Crippen LogP contribution in [0.15, 0.2) is 36.2 Å². The second-order valence-electron chi connectivity index (χ2n) is 17.4. The van der Waals surface area contributed by atoms with Crippen molar-refractivity contribution in [2.45, 2.75) is 103 Å². The van der Waals surface area contributed by atoms with Crippen LogP contribution < -0.4 is 25.4 Å². The molecule has 1 unspecified atom stereocenters. The molecular weight excluding hydrogens is 800 g/mol. The fraction of sp³-hybridized carbons (Fsp3) is 0.571. The summed E-state index contributed by atoms with van der Waals surface area (Å²) in [7, 11) is 1.58. The van der Waals surface area contributed by atoms with Gasteiger partial charge in [-0.25, -0.2) is 19.6 Å². The molecule has 59 heavy (non-hydrogen) atoms. The molecule has 3 aliphatic carbocycles. The number of ether oxygens (including phenoxy) is 4. The van der Waals surface area contributed by atoms with E-state index >= 15 is 0 Å². The number of rotatable bonds is 16. The maximum atomic E-state index is 14.7. The lowest BCUT2D eigenvalue weighted by Gasteiger charge is -2.35. The Balaban J connectivity index is 1.21. The molecule has 3 heterocycles. The lowest BCUT2D eigenvalue weighted by Crippen LogP contribution is -2.59. The number of fused-ring (bicyclic) bond motifs is 2. The smallest absolute Gasteiger partial charge is 0.408 e. The van der Waals surface area contributed by atoms with Gasteiger partial charge < -0.3 is 44.9 Å². The number of pyridine rings is 1. The van der Waals surface area contributed by atoms with Gasteiger partial charge >= 0.3 is 12.1 Å². The molecule has 17 heteroatoms. The lowest BCUT2D eigenvalue weighted by molar-refractivity contribution is -0.146. The molecule has 15 nitrogen and oxygen atoms in total. The highest BCUT2D eigenvalue weighted by Crippen LogP contribution is 2.52. The third kappa shape index (κ3) is 9.09. The molecule has 0 radical (unpaired) electrons. The molecule has 7 rings (SSSR count). The van der Waals surface area contributed by atoms with E-state index in [9.17, 15) is 24.3 Å². The highest BCUT2D eigenvalue weighted by Gasteiger charge is 2.61. The number of nitrogens with one attached hydrogen (secondary N) is 3. The van der Waals surface area contributed by atoms with E-state index in [0.717, 1.165) is 12.8 Å². The van der Waals surface area contributed by atoms with Crippen LogP contribution in [0.3, 0.4) is 0 Å². The molecule has 318 valence electrons. The van der Waals surface area contributed by atoms with Gasteiger partial charge in [-0.05, 0) is 68.9 Å². The average molecular weight is 853 g/mol. The van der Waals surface area contributed by atoms with Crippen molar-refractivity contribution in [1.82, 2.24) is 25.5 Å². The van der Waals surface area contributed by atoms with E-state index in [4.69, 9.17) is 40.5 Å². The molecule has 4 N–H and O–H groups in total. The van der Waals surface area contributed by atoms with Gasteiger partial charge in [-0.15, -0.1) is 17.9 Å². The summed E-state index contributed by atoms with van der Waals surface area (Å²) in [4.78, 5) is 65.7. The van der Waals surface area contributed by atoms with E-state index in [0.29, 0.717) is 57.4 Å². The average Bonchev–Trinajstić information content (AvgIpc) is 3.84. The number of aromatic nitrogens is 2. The highest BCUT2D eigenvalue weighted by atomic mass is 35.5. The summed E-state index contributed by atoms with van der Waals surface area (Å²) in [5, 5.41) is 22.4. The van der Waals surface area contributed by atoms with Crippen LogP contribution in [0.4, 0.5) is 9.93 Å². The minimum Gasteiger partial charge on any atom is -0.490 e. The quantitative estimate of drug-likeness (QED) is 0.0933. The first kappa shape index (κ1) is 42.5. The molecule has 1 aromatic carbocycles. The molecule has 2 aromatic heterocycles. The van der Waals surface area contributed by atoms with Crippen LogP contribution in [0.25, 0.3) is 22.3 Å². The van der Waals surface area contributed by atoms with Gasteiger partial charge in [0.2, 0.25) is 11.8 Å². The van der Waals surface area contributed by atoms with Crippen molar-refractivity contribution in [3.8, 4) is 22.9 Å². The number of methoxy groups -OCH3 is 1. The Morgan fingerprint density at radius 2 is 1.81 bits per heavy atom. The van der Waals surface area contributed by atoms with Crippen molar-refractivity contribution in [3.05, 3.63) is 41.3 Å². The number of nitrogens with zero attached hydrogens (tertiary/aromatic N) is 3. The molecular formula is C42H53ClN6O9S. The second kappa shape index (κ2) is 16.8. The molecule has 1 saturated heterocycles. The predicted molar refractivity (Wildman–Crippen MR) is 223 cm³/mol. The van der Waals surface area contributed by atoms with Crippen molar-refractivity contribution in [3.63, 3.8) is 0 Å². The summed E-state index contributed by atoms with van der Waals surface area (Å²) < 4.78 is 23.5. The number of amides is 3. The largest absolute Gasteiger partial charge is 0.490 e. The molecule has 3 amide bonds. The predicted octanol–water partition coefficient (Wildman–Crippen LogP) is 6.29. The normalized spacial score (nSPS) is 26.2. The maximum Gasteiger partial charge on any atom is 0.408 e. The summed E-state index contributed by atoms with van der Waals surface area (Å²) >= 11 is 8.38. The lowest BCUT2D eigenvalue weighted by atomic mass is 9.85. The van der Waals surface area contributed by atoms with Crippen molar-refractivity contribution in [2.75, 3.05) is 32.2 Å². The highest BCUT2D eigenvalue weighted by molar-refractivity contribution is 7.14. The van der Waals surface area contributed by atoms with Crippen LogP contribution >= 0.6 is 22.9 Å². The summed E-state index contributed by atoms with van der Waals surface area (Å²) in [5.74, 6) is -0.870. The Hall–Kier alpha value is -4.67. The van der Waals surface area contributed by atoms with Crippen LogP contribution in [-0.4, -0.2) is 107 Å². The van der Waals surface area contributed by atoms with Crippen molar-refractivity contribution in [1.29, 1.82) is 0 Å². The minimum atomic E-state index is -1.53. The van der Waals surface area contributed by atoms with Crippen LogP contribution in [-0.2, 0) is 23.9 Å². The number of hydrogen-bond donors (Lipinski definition) is 4. The SMILES string of the molecule is C=C[C@@H]1C[C@]1(NC(=O)[C@@H]1C[C@@H](Oc2cc(-c3csc(NC(C)C)n3)nc3c(Cl)c(OCCOC)ccc23)CN1C(=O)[C@@H](NC(=O)OC1C[C@@H]2C[C@@H]2C1)C(C)(C)C)C(=O)O. The maximum absolute atomic E-state index is 14.7. The number of thiazole rings is 1. The van der Waals surface area contributed by atoms with E-state index in [1.54, 1.807) is 25.3 Å². The third-order valence-electron chi connectivity index (χ3n) is 11.6. The number of carboxylic acids is 1. The number of likely N-dealkylation sites (tertiary alicyclic amines) is 1.